The van der Waals surface area contributed by atoms with Crippen LogP contribution in [0.3, 0.4) is 0 Å². The van der Waals surface area contributed by atoms with Crippen molar-refractivity contribution in [3.63, 3.8) is 0 Å². The van der Waals surface area contributed by atoms with Gasteiger partial charge in [0.05, 0.1) is 44.7 Å². The van der Waals surface area contributed by atoms with E-state index in [2.05, 4.69) is 27.7 Å². The third kappa shape index (κ3) is 38.7. The lowest BCUT2D eigenvalue weighted by Gasteiger charge is -2.20. The van der Waals surface area contributed by atoms with E-state index in [0.717, 1.165) is 83.5 Å². The van der Waals surface area contributed by atoms with E-state index < -0.39 is 30.9 Å². The van der Waals surface area contributed by atoms with E-state index in [9.17, 15) is 24.3 Å². The maximum absolute atomic E-state index is 13.0. The second kappa shape index (κ2) is 44.9. The van der Waals surface area contributed by atoms with Gasteiger partial charge in [0, 0.05) is 6.54 Å². The van der Waals surface area contributed by atoms with Gasteiger partial charge in [-0.2, -0.15) is 0 Å². The maximum Gasteiger partial charge on any atom is 0.336 e. The summed E-state index contributed by atoms with van der Waals surface area (Å²) < 4.78 is 33.0. The Morgan fingerprint density at radius 2 is 0.778 bits per heavy atom. The molecule has 1 N–H and O–H groups in total. The molecule has 0 amide bonds. The van der Waals surface area contributed by atoms with E-state index in [1.807, 2.05) is 19.0 Å². The summed E-state index contributed by atoms with van der Waals surface area (Å²) >= 11 is 0. The summed E-state index contributed by atoms with van der Waals surface area (Å²) in [5, 5.41) is 10.5. The molecule has 0 saturated carbocycles. The molecule has 0 heterocycles. The average Bonchev–Trinajstić information content (AvgIpc) is 3.26. The normalized spacial score (nSPS) is 13.4. The van der Waals surface area contributed by atoms with Crippen molar-refractivity contribution in [2.45, 2.75) is 239 Å². The first kappa shape index (κ1) is 60.7. The highest BCUT2D eigenvalue weighted by Crippen LogP contribution is 2.22. The fourth-order valence-corrected chi connectivity index (χ4v) is 7.45. The molecule has 0 saturated heterocycles. The number of esters is 4. The minimum atomic E-state index is -1.75. The van der Waals surface area contributed by atoms with Gasteiger partial charge < -0.3 is 38.4 Å². The topological polar surface area (TPSA) is 147 Å². The Morgan fingerprint density at radius 3 is 1.19 bits per heavy atom. The number of nitrogens with zero attached hydrogens (tertiary/aromatic N) is 1. The second-order valence-corrected chi connectivity index (χ2v) is 17.9. The Hall–Kier alpha value is -2.28. The standard InChI is InChI=1S/C51H97NO11/c1-7-11-15-19-21-27-35-44(33-25-17-13-9-3)48(54)59-38-29-23-31-40-61-50(56)46(43-47(53)58-42-37-52(5)6)63-51(57)62-41-32-24-30-39-60-49(55)45(34-26-18-14-10-4)36-28-22-20-16-12-8-2/h44-46,51,57H,7-43H2,1-6H3. The number of unbranched alkanes of at least 4 members (excludes halogenated alkanes) is 20. The van der Waals surface area contributed by atoms with Gasteiger partial charge in [-0.3, -0.25) is 14.4 Å². The molecule has 0 aliphatic carbocycles. The first-order valence-electron chi connectivity index (χ1n) is 25.8. The predicted octanol–water partition coefficient (Wildman–Crippen LogP) is 11.8. The van der Waals surface area contributed by atoms with Gasteiger partial charge in [-0.05, 0) is 78.3 Å². The summed E-state index contributed by atoms with van der Waals surface area (Å²) in [6.07, 6.45) is 29.0. The van der Waals surface area contributed by atoms with Crippen LogP contribution in [0.4, 0.5) is 0 Å². The smallest absolute Gasteiger partial charge is 0.336 e. The van der Waals surface area contributed by atoms with Crippen LogP contribution in [0.25, 0.3) is 0 Å². The van der Waals surface area contributed by atoms with E-state index in [4.69, 9.17) is 28.4 Å². The minimum absolute atomic E-state index is 0.0349. The van der Waals surface area contributed by atoms with E-state index in [1.54, 1.807) is 0 Å². The van der Waals surface area contributed by atoms with E-state index in [0.29, 0.717) is 58.3 Å². The largest absolute Gasteiger partial charge is 0.465 e. The highest BCUT2D eigenvalue weighted by atomic mass is 16.8. The molecule has 12 nitrogen and oxygen atoms in total. The van der Waals surface area contributed by atoms with Crippen LogP contribution >= 0.6 is 0 Å². The van der Waals surface area contributed by atoms with Gasteiger partial charge in [0.1, 0.15) is 6.61 Å². The number of ether oxygens (including phenoxy) is 6. The van der Waals surface area contributed by atoms with Gasteiger partial charge in [-0.1, -0.05) is 156 Å². The number of carbonyl (C=O) groups is 4. The van der Waals surface area contributed by atoms with Crippen LogP contribution in [0, 0.1) is 11.8 Å². The fourth-order valence-electron chi connectivity index (χ4n) is 7.45. The molecular formula is C51H97NO11. The third-order valence-corrected chi connectivity index (χ3v) is 11.6. The number of carbonyl (C=O) groups excluding carboxylic acids is 4. The summed E-state index contributed by atoms with van der Waals surface area (Å²) in [4.78, 5) is 53.4. The summed E-state index contributed by atoms with van der Waals surface area (Å²) in [6, 6.07) is 0. The molecule has 12 heteroatoms. The molecule has 0 spiro atoms. The van der Waals surface area contributed by atoms with Crippen LogP contribution in [0.1, 0.15) is 227 Å². The molecule has 0 aromatic carbocycles. The molecule has 4 atom stereocenters. The lowest BCUT2D eigenvalue weighted by atomic mass is 9.94. The molecule has 63 heavy (non-hydrogen) atoms. The van der Waals surface area contributed by atoms with Gasteiger partial charge in [0.2, 0.25) is 0 Å². The Bertz CT molecular complexity index is 1070. The first-order valence-corrected chi connectivity index (χ1v) is 25.8. The molecule has 4 unspecified atom stereocenters. The van der Waals surface area contributed by atoms with Crippen molar-refractivity contribution in [3.05, 3.63) is 0 Å². The number of aliphatic hydroxyl groups excluding tert-OH is 1. The van der Waals surface area contributed by atoms with E-state index >= 15 is 0 Å². The Kier molecular flexibility index (Phi) is 43.3. The average molecular weight is 900 g/mol. The SMILES string of the molecule is CCCCCCCCC(CCCCCC)C(=O)OCCCCCOC(=O)C(CC(=O)OCCN(C)C)OC(O)OCCCCCOC(=O)C(CCCCCC)CCCCCCCC. The Morgan fingerprint density at radius 1 is 0.429 bits per heavy atom. The molecule has 0 aliphatic rings. The Labute approximate surface area is 385 Å². The van der Waals surface area contributed by atoms with Crippen molar-refractivity contribution < 1.29 is 52.7 Å². The van der Waals surface area contributed by atoms with Gasteiger partial charge >= 0.3 is 23.9 Å². The number of hydrogen-bond acceptors (Lipinski definition) is 12. The van der Waals surface area contributed by atoms with Crippen LogP contribution in [0.2, 0.25) is 0 Å². The van der Waals surface area contributed by atoms with Gasteiger partial charge in [0.25, 0.3) is 6.48 Å². The summed E-state index contributed by atoms with van der Waals surface area (Å²) in [7, 11) is 3.71. The zero-order valence-corrected chi connectivity index (χ0v) is 41.4. The van der Waals surface area contributed by atoms with Crippen LogP contribution in [0.5, 0.6) is 0 Å². The molecule has 372 valence electrons. The summed E-state index contributed by atoms with van der Waals surface area (Å²) in [5.74, 6) is -1.71. The maximum atomic E-state index is 13.0. The lowest BCUT2D eigenvalue weighted by molar-refractivity contribution is -0.282. The van der Waals surface area contributed by atoms with Crippen LogP contribution in [-0.2, 0) is 47.6 Å². The zero-order chi connectivity index (χ0) is 46.6. The van der Waals surface area contributed by atoms with E-state index in [1.165, 1.54) is 70.6 Å². The van der Waals surface area contributed by atoms with Crippen molar-refractivity contribution in [2.75, 3.05) is 53.7 Å². The van der Waals surface area contributed by atoms with Gasteiger partial charge in [-0.25, -0.2) is 4.79 Å². The number of hydrogen-bond donors (Lipinski definition) is 1. The summed E-state index contributed by atoms with van der Waals surface area (Å²) in [6.45, 7) is 8.61. The van der Waals surface area contributed by atoms with Crippen LogP contribution in [0.15, 0.2) is 0 Å². The zero-order valence-electron chi connectivity index (χ0n) is 41.4. The number of likely N-dealkylation sites (N-methyl/N-ethyl adjacent to an activating group) is 1. The van der Waals surface area contributed by atoms with Crippen molar-refractivity contribution in [2.24, 2.45) is 11.8 Å². The third-order valence-electron chi connectivity index (χ3n) is 11.6. The van der Waals surface area contributed by atoms with Crippen molar-refractivity contribution in [1.29, 1.82) is 0 Å². The molecule has 0 fully saturated rings. The highest BCUT2D eigenvalue weighted by molar-refractivity contribution is 5.81. The molecule has 0 aliphatic heterocycles. The van der Waals surface area contributed by atoms with Crippen molar-refractivity contribution >= 4 is 23.9 Å². The minimum Gasteiger partial charge on any atom is -0.465 e. The lowest BCUT2D eigenvalue weighted by Crippen LogP contribution is -2.35. The quantitative estimate of drug-likeness (QED) is 0.0268. The van der Waals surface area contributed by atoms with Crippen LogP contribution < -0.4 is 0 Å². The number of rotatable bonds is 47. The molecule has 0 rings (SSSR count). The number of aliphatic hydroxyl groups is 1. The molecule has 0 radical (unpaired) electrons. The molecular weight excluding hydrogens is 803 g/mol. The fraction of sp³-hybridized carbons (Fsp3) is 0.922. The molecule has 0 aromatic heterocycles. The monoisotopic (exact) mass is 900 g/mol. The van der Waals surface area contributed by atoms with Gasteiger partial charge in [-0.15, -0.1) is 0 Å². The van der Waals surface area contributed by atoms with E-state index in [-0.39, 0.29) is 43.6 Å². The first-order chi connectivity index (χ1) is 30.6. The van der Waals surface area contributed by atoms with Gasteiger partial charge in [0.15, 0.2) is 6.10 Å². The molecule has 0 aromatic rings. The summed E-state index contributed by atoms with van der Waals surface area (Å²) in [5.41, 5.74) is 0. The highest BCUT2D eigenvalue weighted by Gasteiger charge is 2.28. The molecule has 0 bridgehead atoms. The van der Waals surface area contributed by atoms with Crippen LogP contribution in [-0.4, -0.2) is 100 Å². The van der Waals surface area contributed by atoms with Crippen molar-refractivity contribution in [3.8, 4) is 0 Å². The second-order valence-electron chi connectivity index (χ2n) is 17.9. The Balaban J connectivity index is 4.77. The predicted molar refractivity (Wildman–Crippen MR) is 252 cm³/mol. The van der Waals surface area contributed by atoms with Crippen molar-refractivity contribution in [1.82, 2.24) is 4.90 Å².